The third-order valence-corrected chi connectivity index (χ3v) is 5.97. The molecule has 2 aliphatic heterocycles. The van der Waals surface area contributed by atoms with Gasteiger partial charge in [-0.25, -0.2) is 0 Å². The first-order chi connectivity index (χ1) is 14.4. The van der Waals surface area contributed by atoms with Gasteiger partial charge in [0.1, 0.15) is 6.61 Å². The number of carbonyl (C=O) groups is 1. The fourth-order valence-electron chi connectivity index (χ4n) is 4.73. The van der Waals surface area contributed by atoms with Crippen molar-refractivity contribution in [3.05, 3.63) is 63.7 Å². The number of amides is 1. The summed E-state index contributed by atoms with van der Waals surface area (Å²) >= 11 is 0. The molecule has 1 N–H and O–H groups in total. The number of terminal acetylenes is 1. The third kappa shape index (κ3) is 2.70. The molecule has 0 radical (unpaired) electrons. The third-order valence-electron chi connectivity index (χ3n) is 5.97. The van der Waals surface area contributed by atoms with Crippen molar-refractivity contribution in [2.75, 3.05) is 32.6 Å². The summed E-state index contributed by atoms with van der Waals surface area (Å²) in [5.41, 5.74) is 0.555. The lowest BCUT2D eigenvalue weighted by molar-refractivity contribution is -0.534. The van der Waals surface area contributed by atoms with Crippen LogP contribution in [0.25, 0.3) is 0 Å². The molecule has 2 aromatic rings. The van der Waals surface area contributed by atoms with Crippen molar-refractivity contribution in [1.29, 1.82) is 0 Å². The zero-order chi connectivity index (χ0) is 21.5. The number of rotatable bonds is 5. The molecule has 1 amide bonds. The van der Waals surface area contributed by atoms with Gasteiger partial charge >= 0.3 is 0 Å². The number of likely N-dealkylation sites (N-methyl/N-ethyl adjacent to an activating group) is 1. The van der Waals surface area contributed by atoms with Crippen LogP contribution in [-0.4, -0.2) is 49.1 Å². The number of benzene rings is 2. The van der Waals surface area contributed by atoms with E-state index in [2.05, 4.69) is 11.2 Å². The fraction of sp³-hybridized carbons (Fsp3) is 0.318. The van der Waals surface area contributed by atoms with E-state index >= 15 is 0 Å². The number of carbonyl (C=O) groups excluding carboxylic acids is 1. The molecule has 2 aliphatic rings. The second kappa shape index (κ2) is 7.35. The summed E-state index contributed by atoms with van der Waals surface area (Å²) < 4.78 is 10.9. The minimum atomic E-state index is -1.38. The standard InChI is InChI=1S/C22H21N3O5/c1-4-11-30-18-10-9-14(12-19(18)29-3)15-13-24(2)22(20(15)25(27)28)16-7-5-6-8-17(16)23-21(22)26/h1,5-10,12,15,20H,11,13H2,2-3H3,(H,23,26)/t15-,20+,22-/m0/s1. The number of methoxy groups -OCH3 is 1. The maximum Gasteiger partial charge on any atom is 0.256 e. The summed E-state index contributed by atoms with van der Waals surface area (Å²) in [6.07, 6.45) is 5.25. The van der Waals surface area contributed by atoms with Crippen molar-refractivity contribution in [2.45, 2.75) is 17.5 Å². The summed E-state index contributed by atoms with van der Waals surface area (Å²) in [4.78, 5) is 26.9. The second-order valence-electron chi connectivity index (χ2n) is 7.39. The average Bonchev–Trinajstić information content (AvgIpc) is 3.22. The van der Waals surface area contributed by atoms with Crippen molar-refractivity contribution in [2.24, 2.45) is 0 Å². The number of nitrogens with one attached hydrogen (secondary N) is 1. The second-order valence-corrected chi connectivity index (χ2v) is 7.39. The van der Waals surface area contributed by atoms with Crippen molar-refractivity contribution in [1.82, 2.24) is 4.90 Å². The van der Waals surface area contributed by atoms with Crippen LogP contribution in [0.3, 0.4) is 0 Å². The van der Waals surface area contributed by atoms with Gasteiger partial charge in [0, 0.05) is 22.7 Å². The van der Waals surface area contributed by atoms with Gasteiger partial charge in [0.15, 0.2) is 17.0 Å². The van der Waals surface area contributed by atoms with Crippen LogP contribution in [0, 0.1) is 22.5 Å². The fourth-order valence-corrected chi connectivity index (χ4v) is 4.73. The smallest absolute Gasteiger partial charge is 0.256 e. The maximum atomic E-state index is 13.1. The molecule has 0 unspecified atom stereocenters. The van der Waals surface area contributed by atoms with Gasteiger partial charge in [-0.2, -0.15) is 0 Å². The molecule has 0 aromatic heterocycles. The van der Waals surface area contributed by atoms with Gasteiger partial charge in [-0.3, -0.25) is 19.8 Å². The lowest BCUT2D eigenvalue weighted by atomic mass is 9.79. The highest BCUT2D eigenvalue weighted by atomic mass is 16.6. The van der Waals surface area contributed by atoms with Crippen molar-refractivity contribution < 1.29 is 19.2 Å². The molecule has 2 aromatic carbocycles. The van der Waals surface area contributed by atoms with Crippen LogP contribution in [0.5, 0.6) is 11.5 Å². The molecule has 4 rings (SSSR count). The zero-order valence-electron chi connectivity index (χ0n) is 16.6. The molecule has 8 heteroatoms. The Kier molecular flexibility index (Phi) is 4.84. The minimum Gasteiger partial charge on any atom is -0.493 e. The average molecular weight is 407 g/mol. The van der Waals surface area contributed by atoms with Gasteiger partial charge in [-0.1, -0.05) is 30.2 Å². The molecular weight excluding hydrogens is 386 g/mol. The SMILES string of the molecule is C#CCOc1ccc([C@@H]2CN(C)[C@]3(C(=O)Nc4ccccc43)[C@@H]2[N+](=O)[O-])cc1OC. The Hall–Kier alpha value is -3.57. The molecule has 0 saturated carbocycles. The highest BCUT2D eigenvalue weighted by Gasteiger charge is 2.68. The molecule has 0 aliphatic carbocycles. The van der Waals surface area contributed by atoms with Crippen LogP contribution < -0.4 is 14.8 Å². The van der Waals surface area contributed by atoms with E-state index in [4.69, 9.17) is 15.9 Å². The Morgan fingerprint density at radius 2 is 2.10 bits per heavy atom. The van der Waals surface area contributed by atoms with Gasteiger partial charge in [-0.15, -0.1) is 6.42 Å². The van der Waals surface area contributed by atoms with Crippen molar-refractivity contribution >= 4 is 11.6 Å². The Morgan fingerprint density at radius 1 is 1.33 bits per heavy atom. The van der Waals surface area contributed by atoms with E-state index in [0.717, 1.165) is 0 Å². The summed E-state index contributed by atoms with van der Waals surface area (Å²) in [5.74, 6) is 2.38. The molecule has 3 atom stereocenters. The van der Waals surface area contributed by atoms with E-state index < -0.39 is 17.5 Å². The lowest BCUT2D eigenvalue weighted by Gasteiger charge is -2.30. The van der Waals surface area contributed by atoms with E-state index in [-0.39, 0.29) is 17.4 Å². The van der Waals surface area contributed by atoms with Crippen LogP contribution in [0.15, 0.2) is 42.5 Å². The zero-order valence-corrected chi connectivity index (χ0v) is 16.6. The molecule has 1 saturated heterocycles. The van der Waals surface area contributed by atoms with Crippen molar-refractivity contribution in [3.63, 3.8) is 0 Å². The highest BCUT2D eigenvalue weighted by Crippen LogP contribution is 2.52. The van der Waals surface area contributed by atoms with E-state index in [1.165, 1.54) is 7.11 Å². The molecule has 154 valence electrons. The van der Waals surface area contributed by atoms with Gasteiger partial charge in [-0.05, 0) is 30.8 Å². The number of likely N-dealkylation sites (tertiary alicyclic amines) is 1. The predicted molar refractivity (Wildman–Crippen MR) is 110 cm³/mol. The van der Waals surface area contributed by atoms with E-state index in [1.807, 2.05) is 0 Å². The van der Waals surface area contributed by atoms with Gasteiger partial charge in [0.05, 0.1) is 13.0 Å². The van der Waals surface area contributed by atoms with Crippen LogP contribution in [0.2, 0.25) is 0 Å². The molecule has 1 fully saturated rings. The van der Waals surface area contributed by atoms with Gasteiger partial charge in [0.2, 0.25) is 0 Å². The molecule has 1 spiro atoms. The number of nitro groups is 1. The molecule has 8 nitrogen and oxygen atoms in total. The number of hydrogen-bond acceptors (Lipinski definition) is 6. The first-order valence-electron chi connectivity index (χ1n) is 9.45. The van der Waals surface area contributed by atoms with E-state index in [9.17, 15) is 14.9 Å². The molecule has 30 heavy (non-hydrogen) atoms. The van der Waals surface area contributed by atoms with Gasteiger partial charge < -0.3 is 14.8 Å². The normalized spacial score (nSPS) is 24.9. The predicted octanol–water partition coefficient (Wildman–Crippen LogP) is 2.23. The number of para-hydroxylation sites is 1. The molecular formula is C22H21N3O5. The quantitative estimate of drug-likeness (QED) is 0.464. The molecule has 0 bridgehead atoms. The minimum absolute atomic E-state index is 0.0828. The number of fused-ring (bicyclic) bond motifs is 2. The highest BCUT2D eigenvalue weighted by molar-refractivity contribution is 6.06. The number of hydrogen-bond donors (Lipinski definition) is 1. The largest absolute Gasteiger partial charge is 0.493 e. The monoisotopic (exact) mass is 407 g/mol. The Labute approximate surface area is 173 Å². The Morgan fingerprint density at radius 3 is 2.80 bits per heavy atom. The summed E-state index contributed by atoms with van der Waals surface area (Å²) in [7, 11) is 3.25. The summed E-state index contributed by atoms with van der Waals surface area (Å²) in [6, 6.07) is 11.1. The Balaban J connectivity index is 1.81. The number of nitrogens with zero attached hydrogens (tertiary/aromatic N) is 2. The first kappa shape index (κ1) is 19.7. The summed E-state index contributed by atoms with van der Waals surface area (Å²) in [6.45, 7) is 0.417. The van der Waals surface area contributed by atoms with E-state index in [0.29, 0.717) is 34.9 Å². The first-order valence-corrected chi connectivity index (χ1v) is 9.45. The van der Waals surface area contributed by atoms with Crippen LogP contribution in [0.1, 0.15) is 17.0 Å². The summed E-state index contributed by atoms with van der Waals surface area (Å²) in [5, 5.41) is 15.2. The topological polar surface area (TPSA) is 93.9 Å². The van der Waals surface area contributed by atoms with Crippen LogP contribution in [0.4, 0.5) is 5.69 Å². The van der Waals surface area contributed by atoms with Crippen LogP contribution >= 0.6 is 0 Å². The number of ether oxygens (including phenoxy) is 2. The Bertz CT molecular complexity index is 1060. The lowest BCUT2D eigenvalue weighted by Crippen LogP contribution is -2.54. The van der Waals surface area contributed by atoms with Crippen molar-refractivity contribution in [3.8, 4) is 23.8 Å². The van der Waals surface area contributed by atoms with Gasteiger partial charge in [0.25, 0.3) is 11.9 Å². The molecule has 2 heterocycles. The van der Waals surface area contributed by atoms with E-state index in [1.54, 1.807) is 54.4 Å². The van der Waals surface area contributed by atoms with Crippen LogP contribution in [-0.2, 0) is 10.3 Å². The number of anilines is 1. The maximum absolute atomic E-state index is 13.1.